The van der Waals surface area contributed by atoms with Gasteiger partial charge in [0.25, 0.3) is 0 Å². The van der Waals surface area contributed by atoms with Crippen LogP contribution in [0.4, 0.5) is 11.5 Å². The van der Waals surface area contributed by atoms with Gasteiger partial charge in [0.1, 0.15) is 5.82 Å². The minimum Gasteiger partial charge on any atom is -0.325 e. The van der Waals surface area contributed by atoms with Gasteiger partial charge in [-0.05, 0) is 55.3 Å². The molecule has 5 heteroatoms. The second-order valence-electron chi connectivity index (χ2n) is 6.81. The van der Waals surface area contributed by atoms with Crippen molar-refractivity contribution in [1.82, 2.24) is 15.0 Å². The summed E-state index contributed by atoms with van der Waals surface area (Å²) in [5, 5.41) is 1.05. The zero-order valence-electron chi connectivity index (χ0n) is 14.9. The van der Waals surface area contributed by atoms with E-state index in [0.29, 0.717) is 5.82 Å². The number of rotatable bonds is 2. The molecule has 0 atom stereocenters. The van der Waals surface area contributed by atoms with Crippen molar-refractivity contribution < 1.29 is 0 Å². The predicted molar refractivity (Wildman–Crippen MR) is 112 cm³/mol. The van der Waals surface area contributed by atoms with Crippen LogP contribution in [-0.4, -0.2) is 21.5 Å². The summed E-state index contributed by atoms with van der Waals surface area (Å²) >= 11 is 3.57. The van der Waals surface area contributed by atoms with Crippen LogP contribution in [0.2, 0.25) is 0 Å². The van der Waals surface area contributed by atoms with Gasteiger partial charge in [0.15, 0.2) is 5.82 Å². The predicted octanol–water partition coefficient (Wildman–Crippen LogP) is 5.46. The van der Waals surface area contributed by atoms with Crippen molar-refractivity contribution in [3.8, 4) is 11.4 Å². The van der Waals surface area contributed by atoms with Crippen molar-refractivity contribution in [2.24, 2.45) is 0 Å². The standard InChI is InChI=1S/C22H17BrN4/c1-14-4-7-20-15(11-14)8-10-27(20)22-18-6-5-17(23)12-19(18)25-21(26-22)16-3-2-9-24-13-16/h2-7,9,11-13H,8,10H2,1H3. The van der Waals surface area contributed by atoms with E-state index in [1.165, 1.54) is 16.8 Å². The van der Waals surface area contributed by atoms with Crippen molar-refractivity contribution in [2.45, 2.75) is 13.3 Å². The van der Waals surface area contributed by atoms with Gasteiger partial charge in [-0.25, -0.2) is 9.97 Å². The SMILES string of the molecule is Cc1ccc2c(c1)CCN2c1nc(-c2cccnc2)nc2cc(Br)ccc12. The number of hydrogen-bond acceptors (Lipinski definition) is 4. The average molecular weight is 417 g/mol. The molecule has 0 unspecified atom stereocenters. The molecule has 0 N–H and O–H groups in total. The molecule has 0 aliphatic carbocycles. The molecule has 4 nitrogen and oxygen atoms in total. The molecular weight excluding hydrogens is 400 g/mol. The summed E-state index contributed by atoms with van der Waals surface area (Å²) in [5.41, 5.74) is 5.75. The highest BCUT2D eigenvalue weighted by Crippen LogP contribution is 2.38. The Morgan fingerprint density at radius 2 is 1.96 bits per heavy atom. The molecule has 2 aromatic carbocycles. The summed E-state index contributed by atoms with van der Waals surface area (Å²) in [6.45, 7) is 3.06. The first-order valence-electron chi connectivity index (χ1n) is 8.94. The van der Waals surface area contributed by atoms with Crippen molar-refractivity contribution in [3.05, 3.63) is 76.5 Å². The van der Waals surface area contributed by atoms with Gasteiger partial charge >= 0.3 is 0 Å². The highest BCUT2D eigenvalue weighted by Gasteiger charge is 2.24. The molecule has 0 amide bonds. The summed E-state index contributed by atoms with van der Waals surface area (Å²) in [6.07, 6.45) is 4.60. The monoisotopic (exact) mass is 416 g/mol. The Bertz CT molecular complexity index is 1160. The van der Waals surface area contributed by atoms with Crippen molar-refractivity contribution in [1.29, 1.82) is 0 Å². The lowest BCUT2D eigenvalue weighted by atomic mass is 10.1. The molecule has 1 aliphatic heterocycles. The molecule has 3 heterocycles. The van der Waals surface area contributed by atoms with E-state index in [9.17, 15) is 0 Å². The number of halogens is 1. The maximum atomic E-state index is 4.96. The van der Waals surface area contributed by atoms with Gasteiger partial charge < -0.3 is 4.90 Å². The number of fused-ring (bicyclic) bond motifs is 2. The number of pyridine rings is 1. The highest BCUT2D eigenvalue weighted by molar-refractivity contribution is 9.10. The minimum atomic E-state index is 0.698. The number of hydrogen-bond donors (Lipinski definition) is 0. The van der Waals surface area contributed by atoms with Crippen LogP contribution in [0.5, 0.6) is 0 Å². The normalized spacial score (nSPS) is 13.2. The molecule has 0 bridgehead atoms. The Labute approximate surface area is 166 Å². The fourth-order valence-corrected chi connectivity index (χ4v) is 4.02. The van der Waals surface area contributed by atoms with E-state index >= 15 is 0 Å². The largest absolute Gasteiger partial charge is 0.325 e. The molecule has 2 aromatic heterocycles. The maximum Gasteiger partial charge on any atom is 0.163 e. The summed E-state index contributed by atoms with van der Waals surface area (Å²) in [7, 11) is 0. The number of nitrogens with zero attached hydrogens (tertiary/aromatic N) is 4. The second-order valence-corrected chi connectivity index (χ2v) is 7.72. The van der Waals surface area contributed by atoms with Gasteiger partial charge in [-0.15, -0.1) is 0 Å². The highest BCUT2D eigenvalue weighted by atomic mass is 79.9. The minimum absolute atomic E-state index is 0.698. The molecular formula is C22H17BrN4. The smallest absolute Gasteiger partial charge is 0.163 e. The van der Waals surface area contributed by atoms with Crippen LogP contribution in [-0.2, 0) is 6.42 Å². The topological polar surface area (TPSA) is 41.9 Å². The van der Waals surface area contributed by atoms with Crippen molar-refractivity contribution in [2.75, 3.05) is 11.4 Å². The Morgan fingerprint density at radius 1 is 1.04 bits per heavy atom. The van der Waals surface area contributed by atoms with Gasteiger partial charge in [-0.2, -0.15) is 0 Å². The van der Waals surface area contributed by atoms with Crippen LogP contribution in [0.25, 0.3) is 22.3 Å². The number of benzene rings is 2. The van der Waals surface area contributed by atoms with E-state index in [0.717, 1.165) is 39.7 Å². The lowest BCUT2D eigenvalue weighted by Crippen LogP contribution is -2.16. The van der Waals surface area contributed by atoms with Crippen LogP contribution >= 0.6 is 15.9 Å². The zero-order valence-corrected chi connectivity index (χ0v) is 16.4. The molecule has 5 rings (SSSR count). The van der Waals surface area contributed by atoms with Crippen LogP contribution in [0.3, 0.4) is 0 Å². The van der Waals surface area contributed by atoms with Gasteiger partial charge in [-0.3, -0.25) is 4.98 Å². The van der Waals surface area contributed by atoms with Crippen LogP contribution in [0.15, 0.2) is 65.4 Å². The van der Waals surface area contributed by atoms with Crippen molar-refractivity contribution >= 4 is 38.3 Å². The first-order valence-corrected chi connectivity index (χ1v) is 9.73. The van der Waals surface area contributed by atoms with Crippen LogP contribution < -0.4 is 4.90 Å². The van der Waals surface area contributed by atoms with Crippen LogP contribution in [0, 0.1) is 6.92 Å². The summed E-state index contributed by atoms with van der Waals surface area (Å²) in [6, 6.07) is 16.7. The summed E-state index contributed by atoms with van der Waals surface area (Å²) in [5.74, 6) is 1.65. The lowest BCUT2D eigenvalue weighted by Gasteiger charge is -2.21. The third kappa shape index (κ3) is 2.88. The molecule has 0 saturated carbocycles. The first kappa shape index (κ1) is 16.4. The molecule has 0 spiro atoms. The number of anilines is 2. The Kier molecular flexibility index (Phi) is 3.90. The van der Waals surface area contributed by atoms with E-state index in [-0.39, 0.29) is 0 Å². The molecule has 0 fully saturated rings. The summed E-state index contributed by atoms with van der Waals surface area (Å²) in [4.78, 5) is 16.3. The lowest BCUT2D eigenvalue weighted by molar-refractivity contribution is 0.976. The molecule has 132 valence electrons. The Balaban J connectivity index is 1.75. The van der Waals surface area contributed by atoms with Gasteiger partial charge in [-0.1, -0.05) is 33.6 Å². The number of aromatic nitrogens is 3. The molecule has 0 radical (unpaired) electrons. The van der Waals surface area contributed by atoms with Crippen LogP contribution in [0.1, 0.15) is 11.1 Å². The Hall–Kier alpha value is -2.79. The summed E-state index contributed by atoms with van der Waals surface area (Å²) < 4.78 is 1.01. The molecule has 1 aliphatic rings. The van der Waals surface area contributed by atoms with Gasteiger partial charge in [0, 0.05) is 40.0 Å². The Morgan fingerprint density at radius 3 is 2.81 bits per heavy atom. The van der Waals surface area contributed by atoms with E-state index in [1.807, 2.05) is 30.5 Å². The van der Waals surface area contributed by atoms with Gasteiger partial charge in [0.05, 0.1) is 5.52 Å². The van der Waals surface area contributed by atoms with E-state index in [1.54, 1.807) is 6.20 Å². The van der Waals surface area contributed by atoms with E-state index < -0.39 is 0 Å². The van der Waals surface area contributed by atoms with Crippen molar-refractivity contribution in [3.63, 3.8) is 0 Å². The maximum absolute atomic E-state index is 4.96. The van der Waals surface area contributed by atoms with E-state index in [4.69, 9.17) is 9.97 Å². The van der Waals surface area contributed by atoms with E-state index in [2.05, 4.69) is 57.0 Å². The third-order valence-electron chi connectivity index (χ3n) is 4.94. The molecule has 27 heavy (non-hydrogen) atoms. The zero-order chi connectivity index (χ0) is 18.4. The fraction of sp³-hybridized carbons (Fsp3) is 0.136. The fourth-order valence-electron chi connectivity index (χ4n) is 3.67. The second kappa shape index (κ2) is 6.43. The average Bonchev–Trinajstić information content (AvgIpc) is 3.10. The quantitative estimate of drug-likeness (QED) is 0.435. The molecule has 4 aromatic rings. The number of aryl methyl sites for hydroxylation is 1. The van der Waals surface area contributed by atoms with Gasteiger partial charge in [0.2, 0.25) is 0 Å². The third-order valence-corrected chi connectivity index (χ3v) is 5.44. The first-order chi connectivity index (χ1) is 13.2. The molecule has 0 saturated heterocycles.